The Morgan fingerprint density at radius 2 is 1.60 bits per heavy atom. The summed E-state index contributed by atoms with van der Waals surface area (Å²) in [5.41, 5.74) is 0. The highest BCUT2D eigenvalue weighted by Crippen LogP contribution is 2.49. The van der Waals surface area contributed by atoms with E-state index in [1.54, 1.807) is 0 Å². The predicted molar refractivity (Wildman–Crippen MR) is 187 cm³/mol. The molecule has 4 aliphatic carbocycles. The van der Waals surface area contributed by atoms with Crippen LogP contribution < -0.4 is 5.32 Å². The zero-order valence-corrected chi connectivity index (χ0v) is 30.5. The zero-order chi connectivity index (χ0) is 32.9. The first-order valence-corrected chi connectivity index (χ1v) is 21.5. The average molecular weight is 712 g/mol. The molecule has 0 spiro atoms. The van der Waals surface area contributed by atoms with E-state index >= 15 is 0 Å². The molecule has 7 aliphatic rings. The lowest BCUT2D eigenvalue weighted by Gasteiger charge is -2.43. The van der Waals surface area contributed by atoms with Crippen LogP contribution in [-0.2, 0) is 19.6 Å². The summed E-state index contributed by atoms with van der Waals surface area (Å²) >= 11 is 13.5. The number of nitrogens with one attached hydrogen (secondary N) is 1. The van der Waals surface area contributed by atoms with Gasteiger partial charge in [-0.15, -0.1) is 23.2 Å². The maximum absolute atomic E-state index is 14.9. The van der Waals surface area contributed by atoms with Gasteiger partial charge in [0.15, 0.2) is 0 Å². The molecule has 2 saturated heterocycles. The summed E-state index contributed by atoms with van der Waals surface area (Å²) in [5.74, 6) is 1.65. The molecule has 0 aromatic carbocycles. The highest BCUT2D eigenvalue weighted by atomic mass is 35.5. The standard InChI is InChI=1S/C36H56Cl2N4O4S/c1-22-9-15-28(16-10-22)47(45,46)41-21-30(29-7-2-3-8-31(29)41)35-40-33(24-5-4-6-27(38)19-24)34(23-11-13-26(37)14-12-23)42(35)36(44)25-17-18-39-32(43)20-25/h22-31,33-34H,2-21H2,1H3,(H,39,43). The van der Waals surface area contributed by atoms with Gasteiger partial charge in [-0.3, -0.25) is 19.5 Å². The number of alkyl halides is 2. The largest absolute Gasteiger partial charge is 0.356 e. The van der Waals surface area contributed by atoms with Crippen molar-refractivity contribution in [2.45, 2.75) is 157 Å². The van der Waals surface area contributed by atoms with Crippen LogP contribution in [0.4, 0.5) is 0 Å². The number of hydrogen-bond donors (Lipinski definition) is 1. The summed E-state index contributed by atoms with van der Waals surface area (Å²) in [6.07, 6.45) is 16.1. The van der Waals surface area contributed by atoms with Crippen LogP contribution in [0.2, 0.25) is 0 Å². The molecular weight excluding hydrogens is 655 g/mol. The van der Waals surface area contributed by atoms with Crippen molar-refractivity contribution < 1.29 is 18.0 Å². The Hall–Kier alpha value is -0.900. The molecule has 8 atom stereocenters. The fourth-order valence-corrected chi connectivity index (χ4v) is 13.7. The summed E-state index contributed by atoms with van der Waals surface area (Å²) in [5, 5.41) is 2.89. The van der Waals surface area contributed by atoms with Gasteiger partial charge in [-0.05, 0) is 114 Å². The molecule has 7 rings (SSSR count). The maximum Gasteiger partial charge on any atom is 0.231 e. The second kappa shape index (κ2) is 14.4. The van der Waals surface area contributed by atoms with Crippen molar-refractivity contribution >= 4 is 50.9 Å². The number of carbonyl (C=O) groups is 2. The Morgan fingerprint density at radius 3 is 2.32 bits per heavy atom. The third-order valence-corrected chi connectivity index (χ3v) is 16.6. The monoisotopic (exact) mass is 710 g/mol. The van der Waals surface area contributed by atoms with Crippen LogP contribution in [0.15, 0.2) is 4.99 Å². The maximum atomic E-state index is 14.9. The molecule has 8 nitrogen and oxygen atoms in total. The van der Waals surface area contributed by atoms with Crippen LogP contribution >= 0.6 is 23.2 Å². The van der Waals surface area contributed by atoms with Gasteiger partial charge >= 0.3 is 0 Å². The molecule has 4 saturated carbocycles. The van der Waals surface area contributed by atoms with E-state index in [1.807, 2.05) is 4.31 Å². The van der Waals surface area contributed by atoms with Crippen LogP contribution in [-0.4, -0.2) is 82.5 Å². The first-order valence-electron chi connectivity index (χ1n) is 19.1. The lowest BCUT2D eigenvalue weighted by Crippen LogP contribution is -2.55. The predicted octanol–water partition coefficient (Wildman–Crippen LogP) is 6.48. The summed E-state index contributed by atoms with van der Waals surface area (Å²) in [6.45, 7) is 3.17. The van der Waals surface area contributed by atoms with E-state index in [1.165, 1.54) is 0 Å². The normalized spacial score (nSPS) is 43.7. The molecule has 0 bridgehead atoms. The van der Waals surface area contributed by atoms with Crippen LogP contribution in [0.3, 0.4) is 0 Å². The van der Waals surface area contributed by atoms with Crippen LogP contribution in [0.5, 0.6) is 0 Å². The minimum atomic E-state index is -3.48. The van der Waals surface area contributed by atoms with Gasteiger partial charge in [0, 0.05) is 48.1 Å². The summed E-state index contributed by atoms with van der Waals surface area (Å²) < 4.78 is 30.8. The van der Waals surface area contributed by atoms with Crippen molar-refractivity contribution in [2.75, 3.05) is 13.1 Å². The van der Waals surface area contributed by atoms with Crippen molar-refractivity contribution in [2.24, 2.45) is 40.5 Å². The molecule has 3 aliphatic heterocycles. The number of amides is 2. The molecule has 8 unspecified atom stereocenters. The van der Waals surface area contributed by atoms with E-state index in [0.29, 0.717) is 31.3 Å². The molecule has 3 heterocycles. The van der Waals surface area contributed by atoms with Gasteiger partial charge in [0.05, 0.1) is 17.3 Å². The van der Waals surface area contributed by atoms with E-state index in [-0.39, 0.29) is 76.0 Å². The Balaban J connectivity index is 1.27. The third kappa shape index (κ3) is 6.91. The molecule has 0 aromatic heterocycles. The third-order valence-electron chi connectivity index (χ3n) is 13.4. The van der Waals surface area contributed by atoms with Gasteiger partial charge < -0.3 is 5.32 Å². The van der Waals surface area contributed by atoms with Crippen molar-refractivity contribution in [3.05, 3.63) is 0 Å². The summed E-state index contributed by atoms with van der Waals surface area (Å²) in [6, 6.07) is -0.146. The highest BCUT2D eigenvalue weighted by molar-refractivity contribution is 7.89. The number of sulfonamides is 1. The molecule has 0 radical (unpaired) electrons. The first kappa shape index (κ1) is 34.5. The molecular formula is C36H56Cl2N4O4S. The van der Waals surface area contributed by atoms with Crippen molar-refractivity contribution in [1.82, 2.24) is 14.5 Å². The second-order valence-corrected chi connectivity index (χ2v) is 19.8. The summed E-state index contributed by atoms with van der Waals surface area (Å²) in [4.78, 5) is 35.3. The number of piperidine rings is 1. The number of fused-ring (bicyclic) bond motifs is 1. The SMILES string of the molecule is CC1CCC(S(=O)(=O)N2CC(C3=NC(C4CCCC(Cl)C4)C(C4CCC(Cl)CC4)N3C(=O)C3CCNC(=O)C3)C3CCCCC32)CC1. The van der Waals surface area contributed by atoms with Crippen molar-refractivity contribution in [3.8, 4) is 0 Å². The lowest BCUT2D eigenvalue weighted by molar-refractivity contribution is -0.139. The number of halogens is 2. The molecule has 0 aromatic rings. The van der Waals surface area contributed by atoms with Gasteiger partial charge in [-0.1, -0.05) is 26.2 Å². The van der Waals surface area contributed by atoms with Crippen LogP contribution in [0, 0.1) is 35.5 Å². The average Bonchev–Trinajstić information content (AvgIpc) is 3.65. The summed E-state index contributed by atoms with van der Waals surface area (Å²) in [7, 11) is -3.48. The molecule has 1 N–H and O–H groups in total. The molecule has 47 heavy (non-hydrogen) atoms. The number of hydrogen-bond acceptors (Lipinski definition) is 5. The van der Waals surface area contributed by atoms with Gasteiger partial charge in [-0.2, -0.15) is 4.31 Å². The number of amidine groups is 1. The first-order chi connectivity index (χ1) is 22.6. The minimum Gasteiger partial charge on any atom is -0.356 e. The zero-order valence-electron chi connectivity index (χ0n) is 28.2. The van der Waals surface area contributed by atoms with Crippen molar-refractivity contribution in [1.29, 1.82) is 0 Å². The van der Waals surface area contributed by atoms with E-state index in [0.717, 1.165) is 109 Å². The Bertz CT molecular complexity index is 1300. The molecule has 11 heteroatoms. The van der Waals surface area contributed by atoms with E-state index in [9.17, 15) is 18.0 Å². The van der Waals surface area contributed by atoms with Crippen LogP contribution in [0.1, 0.15) is 122 Å². The minimum absolute atomic E-state index is 0.0238. The van der Waals surface area contributed by atoms with Gasteiger partial charge in [0.2, 0.25) is 21.8 Å². The number of rotatable bonds is 6. The number of aliphatic imine (C=N–C) groups is 1. The van der Waals surface area contributed by atoms with Gasteiger partial charge in [0.1, 0.15) is 5.84 Å². The van der Waals surface area contributed by atoms with E-state index < -0.39 is 10.0 Å². The highest BCUT2D eigenvalue weighted by Gasteiger charge is 2.57. The Labute approximate surface area is 292 Å². The Kier molecular flexibility index (Phi) is 10.6. The molecule has 6 fully saturated rings. The molecule has 264 valence electrons. The number of nitrogens with zero attached hydrogens (tertiary/aromatic N) is 3. The van der Waals surface area contributed by atoms with Gasteiger partial charge in [0.25, 0.3) is 0 Å². The Morgan fingerprint density at radius 1 is 0.851 bits per heavy atom. The van der Waals surface area contributed by atoms with Crippen molar-refractivity contribution in [3.63, 3.8) is 0 Å². The van der Waals surface area contributed by atoms with E-state index in [2.05, 4.69) is 17.1 Å². The topological polar surface area (TPSA) is 99.2 Å². The lowest BCUT2D eigenvalue weighted by atomic mass is 9.73. The fourth-order valence-electron chi connectivity index (χ4n) is 10.8. The quantitative estimate of drug-likeness (QED) is 0.319. The van der Waals surface area contributed by atoms with Gasteiger partial charge in [-0.25, -0.2) is 8.42 Å². The smallest absolute Gasteiger partial charge is 0.231 e. The molecule has 2 amide bonds. The number of carbonyl (C=O) groups excluding carboxylic acids is 2. The van der Waals surface area contributed by atoms with E-state index in [4.69, 9.17) is 28.2 Å². The second-order valence-electron chi connectivity index (χ2n) is 16.4. The van der Waals surface area contributed by atoms with Crippen LogP contribution in [0.25, 0.3) is 0 Å². The fraction of sp³-hybridized carbons (Fsp3) is 0.917.